The molecule has 1 N–H and O–H groups in total. The van der Waals surface area contributed by atoms with E-state index in [9.17, 15) is 9.18 Å². The molecule has 0 radical (unpaired) electrons. The number of imidazole rings is 1. The van der Waals surface area contributed by atoms with Crippen molar-refractivity contribution in [2.75, 3.05) is 5.75 Å². The summed E-state index contributed by atoms with van der Waals surface area (Å²) in [5.41, 5.74) is 1.19. The topological polar surface area (TPSA) is 55.1 Å². The van der Waals surface area contributed by atoms with Crippen LogP contribution >= 0.6 is 43.6 Å². The van der Waals surface area contributed by atoms with E-state index in [1.165, 1.54) is 6.07 Å². The first kappa shape index (κ1) is 15.5. The van der Waals surface area contributed by atoms with Crippen molar-refractivity contribution in [2.24, 2.45) is 0 Å². The van der Waals surface area contributed by atoms with E-state index in [0.29, 0.717) is 31.7 Å². The molecule has 0 saturated carbocycles. The first-order chi connectivity index (χ1) is 9.38. The Morgan fingerprint density at radius 3 is 2.85 bits per heavy atom. The fraction of sp³-hybridized carbons (Fsp3) is 0.167. The number of benzene rings is 1. The molecular formula is C12H9Br2FN2O2S. The molecule has 1 heterocycles. The third kappa shape index (κ3) is 3.42. The number of hydrogen-bond acceptors (Lipinski definition) is 3. The number of carboxylic acids is 1. The highest BCUT2D eigenvalue weighted by Crippen LogP contribution is 2.29. The van der Waals surface area contributed by atoms with Gasteiger partial charge in [-0.1, -0.05) is 34.3 Å². The predicted molar refractivity (Wildman–Crippen MR) is 83.8 cm³/mol. The maximum absolute atomic E-state index is 13.7. The van der Waals surface area contributed by atoms with Crippen molar-refractivity contribution in [3.05, 3.63) is 33.5 Å². The zero-order valence-electron chi connectivity index (χ0n) is 10.1. The molecule has 0 unspecified atom stereocenters. The van der Waals surface area contributed by atoms with Crippen LogP contribution in [0, 0.1) is 5.82 Å². The van der Waals surface area contributed by atoms with E-state index < -0.39 is 11.8 Å². The van der Waals surface area contributed by atoms with Gasteiger partial charge < -0.3 is 9.67 Å². The first-order valence-electron chi connectivity index (χ1n) is 5.41. The van der Waals surface area contributed by atoms with Crippen LogP contribution in [0.15, 0.2) is 32.8 Å². The van der Waals surface area contributed by atoms with Gasteiger partial charge in [0, 0.05) is 10.5 Å². The molecule has 1 aromatic carbocycles. The van der Waals surface area contributed by atoms with E-state index in [-0.39, 0.29) is 5.75 Å². The molecule has 20 heavy (non-hydrogen) atoms. The van der Waals surface area contributed by atoms with E-state index in [2.05, 4.69) is 43.4 Å². The number of thioether (sulfide) groups is 1. The number of aromatic nitrogens is 2. The lowest BCUT2D eigenvalue weighted by Gasteiger charge is -2.07. The highest BCUT2D eigenvalue weighted by Gasteiger charge is 2.15. The third-order valence-corrected chi connectivity index (χ3v) is 4.23. The van der Waals surface area contributed by atoms with Crippen LogP contribution in [-0.4, -0.2) is 26.4 Å². The number of fused-ring (bicyclic) bond motifs is 1. The average molecular weight is 424 g/mol. The summed E-state index contributed by atoms with van der Waals surface area (Å²) in [7, 11) is 0. The van der Waals surface area contributed by atoms with Gasteiger partial charge in [-0.3, -0.25) is 4.79 Å². The maximum atomic E-state index is 13.7. The molecule has 8 heteroatoms. The Morgan fingerprint density at radius 2 is 2.25 bits per heavy atom. The van der Waals surface area contributed by atoms with E-state index in [1.54, 1.807) is 10.6 Å². The minimum Gasteiger partial charge on any atom is -0.481 e. The van der Waals surface area contributed by atoms with Gasteiger partial charge in [-0.05, 0) is 22.0 Å². The number of hydrogen-bond donors (Lipinski definition) is 1. The number of aliphatic carboxylic acids is 1. The van der Waals surface area contributed by atoms with Crippen LogP contribution in [0.2, 0.25) is 0 Å². The zero-order valence-corrected chi connectivity index (χ0v) is 14.1. The summed E-state index contributed by atoms with van der Waals surface area (Å²) in [4.78, 5) is 15.0. The Bertz CT molecular complexity index is 702. The standard InChI is InChI=1S/C12H9Br2FN2O2S/c1-6(13)4-17-10-3-8(15)7(14)2-9(10)16-12(17)20-5-11(18)19/h2-3H,1,4-5H2,(H,18,19). The van der Waals surface area contributed by atoms with Gasteiger partial charge in [0.1, 0.15) is 5.82 Å². The van der Waals surface area contributed by atoms with Gasteiger partial charge in [-0.2, -0.15) is 0 Å². The molecule has 2 rings (SSSR count). The fourth-order valence-electron chi connectivity index (χ4n) is 1.66. The SMILES string of the molecule is C=C(Br)Cn1c(SCC(=O)O)nc2cc(Br)c(F)cc21. The van der Waals surface area contributed by atoms with Crippen molar-refractivity contribution in [3.8, 4) is 0 Å². The predicted octanol–water partition coefficient (Wildman–Crippen LogP) is 4.02. The molecule has 0 fully saturated rings. The van der Waals surface area contributed by atoms with Gasteiger partial charge in [0.2, 0.25) is 0 Å². The smallest absolute Gasteiger partial charge is 0.313 e. The van der Waals surface area contributed by atoms with Gasteiger partial charge in [-0.15, -0.1) is 0 Å². The lowest BCUT2D eigenvalue weighted by Crippen LogP contribution is -2.03. The van der Waals surface area contributed by atoms with Gasteiger partial charge in [0.05, 0.1) is 27.8 Å². The zero-order chi connectivity index (χ0) is 14.9. The second-order valence-corrected chi connectivity index (χ2v) is 6.85. The van der Waals surface area contributed by atoms with Crippen LogP contribution in [0.4, 0.5) is 4.39 Å². The Balaban J connectivity index is 2.54. The summed E-state index contributed by atoms with van der Waals surface area (Å²) in [5, 5.41) is 9.27. The van der Waals surface area contributed by atoms with Gasteiger partial charge in [0.25, 0.3) is 0 Å². The Morgan fingerprint density at radius 1 is 1.55 bits per heavy atom. The van der Waals surface area contributed by atoms with E-state index in [4.69, 9.17) is 5.11 Å². The third-order valence-electron chi connectivity index (χ3n) is 2.41. The summed E-state index contributed by atoms with van der Waals surface area (Å²) >= 11 is 7.46. The number of carbonyl (C=O) groups is 1. The first-order valence-corrected chi connectivity index (χ1v) is 7.99. The van der Waals surface area contributed by atoms with Crippen molar-refractivity contribution in [1.29, 1.82) is 0 Å². The minimum absolute atomic E-state index is 0.109. The number of carboxylic acid groups (broad SMARTS) is 1. The van der Waals surface area contributed by atoms with Crippen LogP contribution in [0.1, 0.15) is 0 Å². The Labute approximate surface area is 135 Å². The number of allylic oxidation sites excluding steroid dienone is 1. The molecule has 2 aromatic rings. The van der Waals surface area contributed by atoms with E-state index in [0.717, 1.165) is 11.8 Å². The number of halogens is 3. The number of rotatable bonds is 5. The summed E-state index contributed by atoms with van der Waals surface area (Å²) in [5.74, 6) is -1.44. The fourth-order valence-corrected chi connectivity index (χ4v) is 2.98. The Kier molecular flexibility index (Phi) is 4.87. The molecular weight excluding hydrogens is 415 g/mol. The summed E-state index contributed by atoms with van der Waals surface area (Å²) < 4.78 is 16.4. The molecule has 0 bridgehead atoms. The van der Waals surface area contributed by atoms with E-state index in [1.807, 2.05) is 0 Å². The normalized spacial score (nSPS) is 10.9. The second-order valence-electron chi connectivity index (χ2n) is 3.94. The highest BCUT2D eigenvalue weighted by molar-refractivity contribution is 9.11. The lowest BCUT2D eigenvalue weighted by molar-refractivity contribution is -0.133. The largest absolute Gasteiger partial charge is 0.481 e. The minimum atomic E-state index is -0.932. The Hall–Kier alpha value is -0.860. The van der Waals surface area contributed by atoms with Crippen molar-refractivity contribution < 1.29 is 14.3 Å². The average Bonchev–Trinajstić information content (AvgIpc) is 2.65. The molecule has 0 aliphatic rings. The molecule has 1 aromatic heterocycles. The quantitative estimate of drug-likeness (QED) is 0.737. The van der Waals surface area contributed by atoms with Crippen LogP contribution in [0.3, 0.4) is 0 Å². The monoisotopic (exact) mass is 422 g/mol. The van der Waals surface area contributed by atoms with Crippen molar-refractivity contribution >= 4 is 60.6 Å². The molecule has 106 valence electrons. The molecule has 0 atom stereocenters. The molecule has 0 spiro atoms. The van der Waals surface area contributed by atoms with Crippen LogP contribution < -0.4 is 0 Å². The van der Waals surface area contributed by atoms with Gasteiger partial charge in [0.15, 0.2) is 5.16 Å². The molecule has 0 aliphatic heterocycles. The van der Waals surface area contributed by atoms with Crippen molar-refractivity contribution in [2.45, 2.75) is 11.7 Å². The van der Waals surface area contributed by atoms with E-state index >= 15 is 0 Å². The van der Waals surface area contributed by atoms with Crippen molar-refractivity contribution in [3.63, 3.8) is 0 Å². The van der Waals surface area contributed by atoms with Crippen LogP contribution in [0.25, 0.3) is 11.0 Å². The highest BCUT2D eigenvalue weighted by atomic mass is 79.9. The van der Waals surface area contributed by atoms with Crippen molar-refractivity contribution in [1.82, 2.24) is 9.55 Å². The van der Waals surface area contributed by atoms with Gasteiger partial charge in [-0.25, -0.2) is 9.37 Å². The molecule has 4 nitrogen and oxygen atoms in total. The number of nitrogens with zero attached hydrogens (tertiary/aromatic N) is 2. The summed E-state index contributed by atoms with van der Waals surface area (Å²) in [6.45, 7) is 4.14. The molecule has 0 aliphatic carbocycles. The summed E-state index contributed by atoms with van der Waals surface area (Å²) in [6.07, 6.45) is 0. The molecule has 0 saturated heterocycles. The lowest BCUT2D eigenvalue weighted by atomic mass is 10.3. The molecule has 0 amide bonds. The van der Waals surface area contributed by atoms with Gasteiger partial charge >= 0.3 is 5.97 Å². The maximum Gasteiger partial charge on any atom is 0.313 e. The van der Waals surface area contributed by atoms with Crippen LogP contribution in [-0.2, 0) is 11.3 Å². The summed E-state index contributed by atoms with van der Waals surface area (Å²) in [6, 6.07) is 2.94. The van der Waals surface area contributed by atoms with Crippen LogP contribution in [0.5, 0.6) is 0 Å². The second kappa shape index (κ2) is 6.28.